The van der Waals surface area contributed by atoms with Crippen LogP contribution in [0.4, 0.5) is 5.82 Å². The Morgan fingerprint density at radius 1 is 1.50 bits per heavy atom. The van der Waals surface area contributed by atoms with E-state index in [9.17, 15) is 0 Å². The van der Waals surface area contributed by atoms with E-state index in [0.717, 1.165) is 17.1 Å². The predicted molar refractivity (Wildman–Crippen MR) is 83.4 cm³/mol. The number of nitrogens with zero attached hydrogens (tertiary/aromatic N) is 1. The molecule has 2 rings (SSSR count). The Balaban J connectivity index is 2.16. The van der Waals surface area contributed by atoms with Crippen molar-refractivity contribution in [3.8, 4) is 0 Å². The minimum absolute atomic E-state index is 0.427. The van der Waals surface area contributed by atoms with Crippen molar-refractivity contribution in [2.45, 2.75) is 37.5 Å². The molecule has 0 bridgehead atoms. The molecule has 0 aromatic carbocycles. The second kappa shape index (κ2) is 5.89. The molecule has 1 fully saturated rings. The molecular formula is C13H19N3S2. The van der Waals surface area contributed by atoms with Gasteiger partial charge in [0.15, 0.2) is 0 Å². The van der Waals surface area contributed by atoms with Crippen LogP contribution in [0.25, 0.3) is 0 Å². The van der Waals surface area contributed by atoms with Gasteiger partial charge in [0, 0.05) is 22.5 Å². The highest BCUT2D eigenvalue weighted by atomic mass is 32.2. The van der Waals surface area contributed by atoms with Gasteiger partial charge in [0.1, 0.15) is 10.8 Å². The van der Waals surface area contributed by atoms with Crippen LogP contribution in [0.2, 0.25) is 0 Å². The Kier molecular flexibility index (Phi) is 4.45. The largest absolute Gasteiger partial charge is 0.389 e. The SMILES string of the molecule is CSC1CCCC1Nc1cc(C(N)=S)cc(C)n1. The van der Waals surface area contributed by atoms with E-state index in [1.807, 2.05) is 30.8 Å². The molecule has 0 amide bonds. The third kappa shape index (κ3) is 3.14. The van der Waals surface area contributed by atoms with Crippen molar-refractivity contribution >= 4 is 34.8 Å². The Morgan fingerprint density at radius 2 is 2.28 bits per heavy atom. The van der Waals surface area contributed by atoms with E-state index in [1.165, 1.54) is 19.3 Å². The molecule has 3 nitrogen and oxygen atoms in total. The van der Waals surface area contributed by atoms with Crippen molar-refractivity contribution in [1.29, 1.82) is 0 Å². The van der Waals surface area contributed by atoms with E-state index in [2.05, 4.69) is 16.6 Å². The molecule has 5 heteroatoms. The fourth-order valence-corrected chi connectivity index (χ4v) is 3.50. The lowest BCUT2D eigenvalue weighted by Crippen LogP contribution is -2.26. The summed E-state index contributed by atoms with van der Waals surface area (Å²) in [5.74, 6) is 0.892. The van der Waals surface area contributed by atoms with Crippen LogP contribution in [0, 0.1) is 6.92 Å². The number of pyridine rings is 1. The summed E-state index contributed by atoms with van der Waals surface area (Å²) in [4.78, 5) is 4.94. The number of nitrogens with one attached hydrogen (secondary N) is 1. The van der Waals surface area contributed by atoms with Crippen LogP contribution in [-0.4, -0.2) is 27.5 Å². The van der Waals surface area contributed by atoms with Crippen molar-refractivity contribution in [3.05, 3.63) is 23.4 Å². The number of anilines is 1. The molecule has 1 heterocycles. The van der Waals surface area contributed by atoms with Crippen molar-refractivity contribution in [1.82, 2.24) is 4.98 Å². The van der Waals surface area contributed by atoms with E-state index < -0.39 is 0 Å². The van der Waals surface area contributed by atoms with E-state index in [0.29, 0.717) is 16.3 Å². The molecular weight excluding hydrogens is 262 g/mol. The number of hydrogen-bond donors (Lipinski definition) is 2. The minimum atomic E-state index is 0.427. The van der Waals surface area contributed by atoms with E-state index in [1.54, 1.807) is 0 Å². The first-order valence-electron chi connectivity index (χ1n) is 6.18. The van der Waals surface area contributed by atoms with Crippen molar-refractivity contribution in [2.24, 2.45) is 5.73 Å². The third-order valence-electron chi connectivity index (χ3n) is 3.33. The van der Waals surface area contributed by atoms with Gasteiger partial charge in [-0.3, -0.25) is 0 Å². The number of rotatable bonds is 4. The molecule has 0 radical (unpaired) electrons. The molecule has 98 valence electrons. The minimum Gasteiger partial charge on any atom is -0.389 e. The molecule has 1 saturated carbocycles. The highest BCUT2D eigenvalue weighted by molar-refractivity contribution is 7.99. The van der Waals surface area contributed by atoms with Gasteiger partial charge in [-0.05, 0) is 38.2 Å². The van der Waals surface area contributed by atoms with Crippen LogP contribution in [0.3, 0.4) is 0 Å². The Labute approximate surface area is 118 Å². The maximum atomic E-state index is 5.68. The van der Waals surface area contributed by atoms with Crippen LogP contribution in [-0.2, 0) is 0 Å². The lowest BCUT2D eigenvalue weighted by atomic mass is 10.2. The number of nitrogens with two attached hydrogens (primary N) is 1. The highest BCUT2D eigenvalue weighted by Gasteiger charge is 2.26. The van der Waals surface area contributed by atoms with E-state index in [4.69, 9.17) is 18.0 Å². The molecule has 1 aliphatic carbocycles. The standard InChI is InChI=1S/C13H19N3S2/c1-8-6-9(13(14)17)7-12(15-8)16-10-4-3-5-11(10)18-2/h6-7,10-11H,3-5H2,1-2H3,(H2,14,17)(H,15,16). The highest BCUT2D eigenvalue weighted by Crippen LogP contribution is 2.30. The van der Waals surface area contributed by atoms with Gasteiger partial charge in [-0.25, -0.2) is 4.98 Å². The summed E-state index contributed by atoms with van der Waals surface area (Å²) in [6, 6.07) is 4.38. The summed E-state index contributed by atoms with van der Waals surface area (Å²) >= 11 is 6.96. The lowest BCUT2D eigenvalue weighted by Gasteiger charge is -2.20. The topological polar surface area (TPSA) is 50.9 Å². The molecule has 0 spiro atoms. The molecule has 2 atom stereocenters. The van der Waals surface area contributed by atoms with Gasteiger partial charge in [-0.2, -0.15) is 11.8 Å². The van der Waals surface area contributed by atoms with Gasteiger partial charge in [0.2, 0.25) is 0 Å². The average Bonchev–Trinajstić information content (AvgIpc) is 2.75. The molecule has 18 heavy (non-hydrogen) atoms. The zero-order chi connectivity index (χ0) is 13.1. The summed E-state index contributed by atoms with van der Waals surface area (Å²) in [5, 5.41) is 4.21. The summed E-state index contributed by atoms with van der Waals surface area (Å²) in [6.07, 6.45) is 5.96. The Bertz CT molecular complexity index is 448. The number of thiocarbonyl (C=S) groups is 1. The predicted octanol–water partition coefficient (Wildman–Crippen LogP) is 2.72. The van der Waals surface area contributed by atoms with Crippen LogP contribution < -0.4 is 11.1 Å². The summed E-state index contributed by atoms with van der Waals surface area (Å²) in [5.41, 5.74) is 7.52. The second-order valence-corrected chi connectivity index (χ2v) is 6.22. The molecule has 0 aliphatic heterocycles. The zero-order valence-corrected chi connectivity index (χ0v) is 12.4. The Morgan fingerprint density at radius 3 is 2.94 bits per heavy atom. The first kappa shape index (κ1) is 13.6. The maximum Gasteiger partial charge on any atom is 0.127 e. The van der Waals surface area contributed by atoms with E-state index in [-0.39, 0.29) is 0 Å². The molecule has 3 N–H and O–H groups in total. The first-order chi connectivity index (χ1) is 8.60. The van der Waals surface area contributed by atoms with Crippen LogP contribution in [0.5, 0.6) is 0 Å². The summed E-state index contributed by atoms with van der Waals surface area (Å²) < 4.78 is 0. The zero-order valence-electron chi connectivity index (χ0n) is 10.8. The second-order valence-electron chi connectivity index (χ2n) is 4.70. The van der Waals surface area contributed by atoms with Crippen LogP contribution in [0.1, 0.15) is 30.5 Å². The quantitative estimate of drug-likeness (QED) is 0.831. The third-order valence-corrected chi connectivity index (χ3v) is 4.73. The monoisotopic (exact) mass is 281 g/mol. The normalized spacial score (nSPS) is 23.0. The van der Waals surface area contributed by atoms with Gasteiger partial charge in [0.25, 0.3) is 0 Å². The van der Waals surface area contributed by atoms with Gasteiger partial charge in [-0.1, -0.05) is 18.6 Å². The molecule has 0 saturated heterocycles. The summed E-state index contributed by atoms with van der Waals surface area (Å²) in [7, 11) is 0. The fourth-order valence-electron chi connectivity index (χ4n) is 2.45. The smallest absolute Gasteiger partial charge is 0.127 e. The lowest BCUT2D eigenvalue weighted by molar-refractivity contribution is 0.762. The maximum absolute atomic E-state index is 5.68. The number of hydrogen-bond acceptors (Lipinski definition) is 4. The summed E-state index contributed by atoms with van der Waals surface area (Å²) in [6.45, 7) is 1.97. The van der Waals surface area contributed by atoms with Gasteiger partial charge in [-0.15, -0.1) is 0 Å². The van der Waals surface area contributed by atoms with Crippen molar-refractivity contribution in [3.63, 3.8) is 0 Å². The van der Waals surface area contributed by atoms with Crippen molar-refractivity contribution < 1.29 is 0 Å². The van der Waals surface area contributed by atoms with E-state index >= 15 is 0 Å². The van der Waals surface area contributed by atoms with Crippen molar-refractivity contribution in [2.75, 3.05) is 11.6 Å². The first-order valence-corrected chi connectivity index (χ1v) is 7.87. The molecule has 2 unspecified atom stereocenters. The Hall–Kier alpha value is -0.810. The van der Waals surface area contributed by atoms with Gasteiger partial charge >= 0.3 is 0 Å². The van der Waals surface area contributed by atoms with Gasteiger partial charge in [0.05, 0.1) is 0 Å². The molecule has 1 aromatic heterocycles. The molecule has 1 aromatic rings. The van der Waals surface area contributed by atoms with Gasteiger partial charge < -0.3 is 11.1 Å². The fraction of sp³-hybridized carbons (Fsp3) is 0.538. The number of aromatic nitrogens is 1. The van der Waals surface area contributed by atoms with Crippen LogP contribution in [0.15, 0.2) is 12.1 Å². The van der Waals surface area contributed by atoms with Crippen LogP contribution >= 0.6 is 24.0 Å². The number of aryl methyl sites for hydroxylation is 1. The average molecular weight is 281 g/mol. The molecule has 1 aliphatic rings. The number of thioether (sulfide) groups is 1.